The SMILES string of the molecule is Cc1ccc(NC(=O)/C(C#N)=C\NCC2CCCO2)cc1. The molecule has 1 aliphatic rings. The minimum atomic E-state index is -0.416. The Morgan fingerprint density at radius 2 is 2.24 bits per heavy atom. The molecule has 2 rings (SSSR count). The van der Waals surface area contributed by atoms with Crippen molar-refractivity contribution < 1.29 is 9.53 Å². The molecule has 1 aliphatic heterocycles. The van der Waals surface area contributed by atoms with Gasteiger partial charge >= 0.3 is 0 Å². The third kappa shape index (κ3) is 4.62. The van der Waals surface area contributed by atoms with Crippen LogP contribution in [0.25, 0.3) is 0 Å². The second kappa shape index (κ2) is 7.46. The van der Waals surface area contributed by atoms with Gasteiger partial charge in [0.15, 0.2) is 0 Å². The molecule has 5 nitrogen and oxygen atoms in total. The summed E-state index contributed by atoms with van der Waals surface area (Å²) in [6.45, 7) is 3.37. The molecular formula is C16H19N3O2. The Morgan fingerprint density at radius 1 is 1.48 bits per heavy atom. The summed E-state index contributed by atoms with van der Waals surface area (Å²) in [4.78, 5) is 12.0. The summed E-state index contributed by atoms with van der Waals surface area (Å²) in [5.74, 6) is -0.416. The van der Waals surface area contributed by atoms with Gasteiger partial charge in [0.2, 0.25) is 0 Å². The number of anilines is 1. The third-order valence-electron chi connectivity index (χ3n) is 3.29. The van der Waals surface area contributed by atoms with E-state index in [-0.39, 0.29) is 11.7 Å². The molecule has 21 heavy (non-hydrogen) atoms. The van der Waals surface area contributed by atoms with Crippen LogP contribution in [0, 0.1) is 18.3 Å². The molecule has 1 fully saturated rings. The number of ether oxygens (including phenoxy) is 1. The van der Waals surface area contributed by atoms with E-state index in [1.54, 1.807) is 0 Å². The number of nitrogens with one attached hydrogen (secondary N) is 2. The summed E-state index contributed by atoms with van der Waals surface area (Å²) in [5, 5.41) is 14.7. The highest BCUT2D eigenvalue weighted by atomic mass is 16.5. The largest absolute Gasteiger partial charge is 0.387 e. The summed E-state index contributed by atoms with van der Waals surface area (Å²) in [6.07, 6.45) is 3.69. The van der Waals surface area contributed by atoms with Crippen LogP contribution in [0.2, 0.25) is 0 Å². The fourth-order valence-electron chi connectivity index (χ4n) is 2.08. The minimum Gasteiger partial charge on any atom is -0.387 e. The first-order chi connectivity index (χ1) is 10.2. The molecule has 110 valence electrons. The molecule has 1 heterocycles. The number of hydrogen-bond acceptors (Lipinski definition) is 4. The first-order valence-corrected chi connectivity index (χ1v) is 7.02. The number of rotatable bonds is 5. The lowest BCUT2D eigenvalue weighted by molar-refractivity contribution is -0.112. The van der Waals surface area contributed by atoms with E-state index in [1.165, 1.54) is 6.20 Å². The lowest BCUT2D eigenvalue weighted by atomic mass is 10.2. The van der Waals surface area contributed by atoms with Crippen LogP contribution in [0.3, 0.4) is 0 Å². The van der Waals surface area contributed by atoms with Crippen molar-refractivity contribution in [1.82, 2.24) is 5.32 Å². The molecule has 1 amide bonds. The maximum absolute atomic E-state index is 12.0. The Labute approximate surface area is 124 Å². The fourth-order valence-corrected chi connectivity index (χ4v) is 2.08. The molecule has 5 heteroatoms. The van der Waals surface area contributed by atoms with E-state index in [0.29, 0.717) is 12.2 Å². The van der Waals surface area contributed by atoms with Gasteiger partial charge in [-0.2, -0.15) is 5.26 Å². The number of amides is 1. The highest BCUT2D eigenvalue weighted by Crippen LogP contribution is 2.11. The summed E-state index contributed by atoms with van der Waals surface area (Å²) in [7, 11) is 0. The van der Waals surface area contributed by atoms with Gasteiger partial charge in [0.1, 0.15) is 11.6 Å². The average Bonchev–Trinajstić information content (AvgIpc) is 2.99. The van der Waals surface area contributed by atoms with Gasteiger partial charge < -0.3 is 15.4 Å². The van der Waals surface area contributed by atoms with Crippen molar-refractivity contribution in [3.8, 4) is 6.07 Å². The van der Waals surface area contributed by atoms with Gasteiger partial charge in [-0.3, -0.25) is 4.79 Å². The number of aryl methyl sites for hydroxylation is 1. The van der Waals surface area contributed by atoms with Crippen molar-refractivity contribution in [2.45, 2.75) is 25.9 Å². The number of carbonyl (C=O) groups is 1. The zero-order valence-corrected chi connectivity index (χ0v) is 12.1. The van der Waals surface area contributed by atoms with E-state index < -0.39 is 5.91 Å². The molecule has 1 aromatic rings. The van der Waals surface area contributed by atoms with Crippen LogP contribution >= 0.6 is 0 Å². The molecule has 0 aromatic heterocycles. The standard InChI is InChI=1S/C16H19N3O2/c1-12-4-6-14(7-5-12)19-16(20)13(9-17)10-18-11-15-3-2-8-21-15/h4-7,10,15,18H,2-3,8,11H2,1H3,(H,19,20)/b13-10-. The lowest BCUT2D eigenvalue weighted by Crippen LogP contribution is -2.24. The van der Waals surface area contributed by atoms with Gasteiger partial charge in [0.05, 0.1) is 6.10 Å². The van der Waals surface area contributed by atoms with Gasteiger partial charge in [0.25, 0.3) is 5.91 Å². The maximum Gasteiger partial charge on any atom is 0.267 e. The second-order valence-electron chi connectivity index (χ2n) is 5.03. The van der Waals surface area contributed by atoms with Gasteiger partial charge in [-0.1, -0.05) is 17.7 Å². The summed E-state index contributed by atoms with van der Waals surface area (Å²) >= 11 is 0. The van der Waals surface area contributed by atoms with Crippen molar-refractivity contribution in [2.24, 2.45) is 0 Å². The normalized spacial score (nSPS) is 18.1. The highest BCUT2D eigenvalue weighted by Gasteiger charge is 2.15. The highest BCUT2D eigenvalue weighted by molar-refractivity contribution is 6.06. The molecule has 0 spiro atoms. The molecule has 0 bridgehead atoms. The van der Waals surface area contributed by atoms with Crippen LogP contribution in [0.5, 0.6) is 0 Å². The van der Waals surface area contributed by atoms with E-state index >= 15 is 0 Å². The Hall–Kier alpha value is -2.32. The van der Waals surface area contributed by atoms with Crippen LogP contribution in [0.4, 0.5) is 5.69 Å². The van der Waals surface area contributed by atoms with Crippen molar-refractivity contribution in [3.63, 3.8) is 0 Å². The van der Waals surface area contributed by atoms with Crippen LogP contribution in [-0.4, -0.2) is 25.2 Å². The van der Waals surface area contributed by atoms with E-state index in [9.17, 15) is 4.79 Å². The quantitative estimate of drug-likeness (QED) is 0.642. The number of hydrogen-bond donors (Lipinski definition) is 2. The first-order valence-electron chi connectivity index (χ1n) is 7.02. The molecule has 1 atom stereocenters. The van der Waals surface area contributed by atoms with Crippen LogP contribution in [0.1, 0.15) is 18.4 Å². The predicted molar refractivity (Wildman–Crippen MR) is 80.5 cm³/mol. The van der Waals surface area contributed by atoms with Gasteiger partial charge in [-0.25, -0.2) is 0 Å². The van der Waals surface area contributed by atoms with E-state index in [4.69, 9.17) is 10.00 Å². The predicted octanol–water partition coefficient (Wildman–Crippen LogP) is 2.11. The topological polar surface area (TPSA) is 74.2 Å². The molecule has 0 saturated carbocycles. The maximum atomic E-state index is 12.0. The second-order valence-corrected chi connectivity index (χ2v) is 5.03. The molecule has 0 aliphatic carbocycles. The Balaban J connectivity index is 1.88. The molecule has 1 aromatic carbocycles. The Morgan fingerprint density at radius 3 is 2.86 bits per heavy atom. The van der Waals surface area contributed by atoms with Crippen LogP contribution in [0.15, 0.2) is 36.0 Å². The number of nitriles is 1. The van der Waals surface area contributed by atoms with Gasteiger partial charge in [-0.15, -0.1) is 0 Å². The van der Waals surface area contributed by atoms with E-state index in [2.05, 4.69) is 10.6 Å². The van der Waals surface area contributed by atoms with Crippen LogP contribution in [-0.2, 0) is 9.53 Å². The smallest absolute Gasteiger partial charge is 0.267 e. The fraction of sp³-hybridized carbons (Fsp3) is 0.375. The molecule has 1 saturated heterocycles. The third-order valence-corrected chi connectivity index (χ3v) is 3.29. The summed E-state index contributed by atoms with van der Waals surface area (Å²) in [5.41, 5.74) is 1.83. The summed E-state index contributed by atoms with van der Waals surface area (Å²) in [6, 6.07) is 9.33. The van der Waals surface area contributed by atoms with Crippen molar-refractivity contribution in [3.05, 3.63) is 41.6 Å². The van der Waals surface area contributed by atoms with Crippen molar-refractivity contribution >= 4 is 11.6 Å². The number of carbonyl (C=O) groups excluding carboxylic acids is 1. The number of benzene rings is 1. The van der Waals surface area contributed by atoms with E-state index in [0.717, 1.165) is 25.0 Å². The Kier molecular flexibility index (Phi) is 5.35. The van der Waals surface area contributed by atoms with Gasteiger partial charge in [-0.05, 0) is 31.9 Å². The van der Waals surface area contributed by atoms with Crippen molar-refractivity contribution in [2.75, 3.05) is 18.5 Å². The monoisotopic (exact) mass is 285 g/mol. The number of nitrogens with zero attached hydrogens (tertiary/aromatic N) is 1. The molecule has 0 radical (unpaired) electrons. The minimum absolute atomic E-state index is 0.0496. The zero-order valence-electron chi connectivity index (χ0n) is 12.1. The summed E-state index contributed by atoms with van der Waals surface area (Å²) < 4.78 is 5.46. The van der Waals surface area contributed by atoms with Gasteiger partial charge in [0, 0.05) is 25.0 Å². The Bertz CT molecular complexity index is 552. The molecule has 1 unspecified atom stereocenters. The van der Waals surface area contributed by atoms with E-state index in [1.807, 2.05) is 37.3 Å². The molecular weight excluding hydrogens is 266 g/mol. The first kappa shape index (κ1) is 15.1. The lowest BCUT2D eigenvalue weighted by Gasteiger charge is -2.09. The zero-order chi connectivity index (χ0) is 15.1. The molecule has 2 N–H and O–H groups in total. The van der Waals surface area contributed by atoms with Crippen molar-refractivity contribution in [1.29, 1.82) is 5.26 Å². The van der Waals surface area contributed by atoms with Crippen LogP contribution < -0.4 is 10.6 Å². The average molecular weight is 285 g/mol.